The maximum atomic E-state index is 11.4. The van der Waals surface area contributed by atoms with Crippen molar-refractivity contribution in [3.63, 3.8) is 0 Å². The highest BCUT2D eigenvalue weighted by Gasteiger charge is 2.23. The Morgan fingerprint density at radius 1 is 1.04 bits per heavy atom. The molecule has 0 unspecified atom stereocenters. The summed E-state index contributed by atoms with van der Waals surface area (Å²) in [5.41, 5.74) is 4.13. The Hall–Kier alpha value is -2.29. The molecule has 1 N–H and O–H groups in total. The number of hydrogen-bond acceptors (Lipinski definition) is 3. The lowest BCUT2D eigenvalue weighted by atomic mass is 9.80. The van der Waals surface area contributed by atoms with Crippen molar-refractivity contribution in [1.82, 2.24) is 0 Å². The van der Waals surface area contributed by atoms with Crippen LogP contribution in [0.2, 0.25) is 0 Å². The maximum absolute atomic E-state index is 11.4. The molecule has 2 aliphatic rings. The van der Waals surface area contributed by atoms with Crippen molar-refractivity contribution >= 4 is 5.97 Å². The van der Waals surface area contributed by atoms with Gasteiger partial charge in [-0.3, -0.25) is 4.79 Å². The van der Waals surface area contributed by atoms with E-state index in [4.69, 9.17) is 9.84 Å². The number of unbranched alkanes of at least 4 members (excludes halogenated alkanes) is 1. The van der Waals surface area contributed by atoms with Crippen LogP contribution in [0.25, 0.3) is 0 Å². The molecule has 0 amide bonds. The molecule has 1 atom stereocenters. The molecule has 3 heteroatoms. The zero-order valence-corrected chi connectivity index (χ0v) is 15.5. The summed E-state index contributed by atoms with van der Waals surface area (Å²) < 4.78 is 5.38. The van der Waals surface area contributed by atoms with Gasteiger partial charge in [-0.25, -0.2) is 0 Å². The SMILES string of the molecule is CCCC[C@@H]1CCc2cc3c(cc2C1)OC(=O)CC3.Oc1ccccc1. The normalized spacial score (nSPS) is 18.0. The Balaban J connectivity index is 0.000000236. The van der Waals surface area contributed by atoms with Crippen LogP contribution < -0.4 is 4.74 Å². The van der Waals surface area contributed by atoms with E-state index in [0.717, 1.165) is 18.1 Å². The van der Waals surface area contributed by atoms with Crippen molar-refractivity contribution in [3.05, 3.63) is 59.2 Å². The summed E-state index contributed by atoms with van der Waals surface area (Å²) in [4.78, 5) is 11.4. The number of esters is 1. The average molecular weight is 352 g/mol. The summed E-state index contributed by atoms with van der Waals surface area (Å²) >= 11 is 0. The molecule has 0 fully saturated rings. The number of phenols is 1. The van der Waals surface area contributed by atoms with Crippen LogP contribution in [0.5, 0.6) is 11.5 Å². The summed E-state index contributed by atoms with van der Waals surface area (Å²) in [6, 6.07) is 13.1. The minimum absolute atomic E-state index is 0.0780. The first kappa shape index (κ1) is 18.5. The van der Waals surface area contributed by atoms with Crippen molar-refractivity contribution in [3.8, 4) is 11.5 Å². The smallest absolute Gasteiger partial charge is 0.311 e. The van der Waals surface area contributed by atoms with E-state index in [2.05, 4.69) is 19.1 Å². The summed E-state index contributed by atoms with van der Waals surface area (Å²) in [5, 5.41) is 8.63. The molecule has 1 aliphatic carbocycles. The van der Waals surface area contributed by atoms with Gasteiger partial charge in [0.1, 0.15) is 11.5 Å². The lowest BCUT2D eigenvalue weighted by Crippen LogP contribution is -2.19. The van der Waals surface area contributed by atoms with Gasteiger partial charge in [-0.1, -0.05) is 50.5 Å². The molecule has 4 rings (SSSR count). The van der Waals surface area contributed by atoms with Crippen LogP contribution in [0.1, 0.15) is 55.7 Å². The number of carbonyl (C=O) groups is 1. The van der Waals surface area contributed by atoms with Crippen LogP contribution in [-0.2, 0) is 24.1 Å². The Labute approximate surface area is 156 Å². The molecule has 1 aliphatic heterocycles. The van der Waals surface area contributed by atoms with E-state index in [1.165, 1.54) is 55.2 Å². The van der Waals surface area contributed by atoms with Crippen molar-refractivity contribution in [2.45, 2.75) is 58.3 Å². The Morgan fingerprint density at radius 3 is 2.54 bits per heavy atom. The highest BCUT2D eigenvalue weighted by molar-refractivity contribution is 5.75. The zero-order valence-electron chi connectivity index (χ0n) is 15.5. The molecule has 2 aromatic rings. The summed E-state index contributed by atoms with van der Waals surface area (Å²) in [7, 11) is 0. The molecule has 138 valence electrons. The molecule has 0 radical (unpaired) electrons. The molecule has 26 heavy (non-hydrogen) atoms. The van der Waals surface area contributed by atoms with Gasteiger partial charge >= 0.3 is 5.97 Å². The van der Waals surface area contributed by atoms with E-state index in [0.29, 0.717) is 12.2 Å². The number of aromatic hydroxyl groups is 1. The van der Waals surface area contributed by atoms with Gasteiger partial charge in [0.2, 0.25) is 0 Å². The second-order valence-electron chi connectivity index (χ2n) is 7.29. The minimum atomic E-state index is -0.0780. The predicted octanol–water partition coefficient (Wildman–Crippen LogP) is 5.23. The van der Waals surface area contributed by atoms with Gasteiger partial charge in [0.25, 0.3) is 0 Å². The van der Waals surface area contributed by atoms with Gasteiger partial charge in [0.15, 0.2) is 0 Å². The van der Waals surface area contributed by atoms with Crippen LogP contribution in [0.3, 0.4) is 0 Å². The Kier molecular flexibility index (Phi) is 6.32. The van der Waals surface area contributed by atoms with E-state index in [9.17, 15) is 4.79 Å². The summed E-state index contributed by atoms with van der Waals surface area (Å²) in [5.74, 6) is 1.89. The first-order chi connectivity index (χ1) is 12.7. The number of fused-ring (bicyclic) bond motifs is 2. The standard InChI is InChI=1S/C17H22O2.C6H6O/c1-2-3-4-12-5-6-13-10-14-7-8-17(18)19-16(14)11-15(13)9-12;7-6-4-2-1-3-5-6/h10-12H,2-9H2,1H3;1-5,7H/t12-;/m1./s1. The molecular formula is C23H28O3. The third-order valence-corrected chi connectivity index (χ3v) is 5.26. The van der Waals surface area contributed by atoms with E-state index in [-0.39, 0.29) is 5.97 Å². The van der Waals surface area contributed by atoms with E-state index < -0.39 is 0 Å². The van der Waals surface area contributed by atoms with Crippen LogP contribution in [0.15, 0.2) is 42.5 Å². The molecular weight excluding hydrogens is 324 g/mol. The number of rotatable bonds is 3. The molecule has 3 nitrogen and oxygen atoms in total. The maximum Gasteiger partial charge on any atom is 0.311 e. The van der Waals surface area contributed by atoms with Crippen LogP contribution in [0, 0.1) is 5.92 Å². The average Bonchev–Trinajstić information content (AvgIpc) is 2.65. The molecule has 1 heterocycles. The van der Waals surface area contributed by atoms with Crippen molar-refractivity contribution in [1.29, 1.82) is 0 Å². The first-order valence-electron chi connectivity index (χ1n) is 9.75. The molecule has 0 saturated carbocycles. The lowest BCUT2D eigenvalue weighted by Gasteiger charge is -2.27. The van der Waals surface area contributed by atoms with Crippen LogP contribution in [-0.4, -0.2) is 11.1 Å². The minimum Gasteiger partial charge on any atom is -0.508 e. The second-order valence-corrected chi connectivity index (χ2v) is 7.29. The summed E-state index contributed by atoms with van der Waals surface area (Å²) in [6.45, 7) is 2.26. The van der Waals surface area contributed by atoms with Gasteiger partial charge in [0, 0.05) is 0 Å². The Morgan fingerprint density at radius 2 is 1.85 bits per heavy atom. The van der Waals surface area contributed by atoms with E-state index in [1.54, 1.807) is 24.3 Å². The molecule has 0 bridgehead atoms. The molecule has 2 aromatic carbocycles. The first-order valence-corrected chi connectivity index (χ1v) is 9.75. The fourth-order valence-electron chi connectivity index (χ4n) is 3.78. The van der Waals surface area contributed by atoms with Crippen LogP contribution >= 0.6 is 0 Å². The fraction of sp³-hybridized carbons (Fsp3) is 0.435. The number of phenolic OH excluding ortho intramolecular Hbond substituents is 1. The topological polar surface area (TPSA) is 46.5 Å². The van der Waals surface area contributed by atoms with E-state index >= 15 is 0 Å². The Bertz CT molecular complexity index is 737. The second kappa shape index (κ2) is 8.88. The largest absolute Gasteiger partial charge is 0.508 e. The zero-order chi connectivity index (χ0) is 18.4. The van der Waals surface area contributed by atoms with Gasteiger partial charge in [-0.15, -0.1) is 0 Å². The van der Waals surface area contributed by atoms with Gasteiger partial charge < -0.3 is 9.84 Å². The number of hydrogen-bond donors (Lipinski definition) is 1. The lowest BCUT2D eigenvalue weighted by molar-refractivity contribution is -0.135. The molecule has 0 aromatic heterocycles. The fourth-order valence-corrected chi connectivity index (χ4v) is 3.78. The van der Waals surface area contributed by atoms with Crippen molar-refractivity contribution < 1.29 is 14.6 Å². The van der Waals surface area contributed by atoms with Crippen molar-refractivity contribution in [2.24, 2.45) is 5.92 Å². The van der Waals surface area contributed by atoms with E-state index in [1.807, 2.05) is 6.07 Å². The summed E-state index contributed by atoms with van der Waals surface area (Å²) in [6.07, 6.45) is 9.03. The van der Waals surface area contributed by atoms with Gasteiger partial charge in [0.05, 0.1) is 6.42 Å². The van der Waals surface area contributed by atoms with Gasteiger partial charge in [-0.2, -0.15) is 0 Å². The van der Waals surface area contributed by atoms with Gasteiger partial charge in [-0.05, 0) is 66.5 Å². The highest BCUT2D eigenvalue weighted by Crippen LogP contribution is 2.35. The number of carbonyl (C=O) groups excluding carboxylic acids is 1. The highest BCUT2D eigenvalue weighted by atomic mass is 16.5. The molecule has 0 spiro atoms. The number of para-hydroxylation sites is 1. The number of aryl methyl sites for hydroxylation is 2. The third kappa shape index (κ3) is 4.87. The quantitative estimate of drug-likeness (QED) is 0.608. The van der Waals surface area contributed by atoms with Crippen molar-refractivity contribution in [2.75, 3.05) is 0 Å². The third-order valence-electron chi connectivity index (χ3n) is 5.26. The van der Waals surface area contributed by atoms with Crippen LogP contribution in [0.4, 0.5) is 0 Å². The number of ether oxygens (including phenoxy) is 1. The number of benzene rings is 2. The predicted molar refractivity (Wildman–Crippen MR) is 104 cm³/mol. The monoisotopic (exact) mass is 352 g/mol. The molecule has 0 saturated heterocycles.